The molecular weight excluding hydrogens is 483 g/mol. The van der Waals surface area contributed by atoms with Crippen molar-refractivity contribution in [3.8, 4) is 17.1 Å². The zero-order chi connectivity index (χ0) is 26.9. The van der Waals surface area contributed by atoms with Gasteiger partial charge in [0.15, 0.2) is 0 Å². The van der Waals surface area contributed by atoms with Gasteiger partial charge in [-0.2, -0.15) is 18.2 Å². The first kappa shape index (κ1) is 26.7. The maximum absolute atomic E-state index is 12.7. The van der Waals surface area contributed by atoms with Gasteiger partial charge in [-0.3, -0.25) is 0 Å². The SMILES string of the molecule is CC(C)(C)OC(=O)N(Cc1cn(-c2ccc(-c3noc(C(F)(F)F)n3)cc2)cn1)C(=O)OC(C)(C)C. The topological polar surface area (TPSA) is 113 Å². The minimum atomic E-state index is -4.73. The number of hydrogen-bond donors (Lipinski definition) is 0. The zero-order valence-electron chi connectivity index (χ0n) is 20.6. The van der Waals surface area contributed by atoms with Gasteiger partial charge in [-0.15, -0.1) is 0 Å². The molecule has 0 saturated carbocycles. The highest BCUT2D eigenvalue weighted by Crippen LogP contribution is 2.29. The minimum Gasteiger partial charge on any atom is -0.443 e. The maximum Gasteiger partial charge on any atom is 0.471 e. The van der Waals surface area contributed by atoms with Crippen molar-refractivity contribution in [1.29, 1.82) is 0 Å². The molecule has 0 unspecified atom stereocenters. The van der Waals surface area contributed by atoms with Crippen molar-refractivity contribution in [3.63, 3.8) is 0 Å². The Morgan fingerprint density at radius 3 is 2.00 bits per heavy atom. The van der Waals surface area contributed by atoms with Crippen LogP contribution in [0.25, 0.3) is 17.1 Å². The third-order valence-electron chi connectivity index (χ3n) is 4.28. The van der Waals surface area contributed by atoms with Crippen LogP contribution in [-0.4, -0.2) is 48.0 Å². The minimum absolute atomic E-state index is 0.203. The molecule has 0 atom stereocenters. The smallest absolute Gasteiger partial charge is 0.443 e. The van der Waals surface area contributed by atoms with Crippen LogP contribution in [0.4, 0.5) is 22.8 Å². The first-order valence-electron chi connectivity index (χ1n) is 10.8. The van der Waals surface area contributed by atoms with E-state index in [0.717, 1.165) is 4.90 Å². The first-order chi connectivity index (χ1) is 16.5. The highest BCUT2D eigenvalue weighted by Gasteiger charge is 2.38. The quantitative estimate of drug-likeness (QED) is 0.446. The summed E-state index contributed by atoms with van der Waals surface area (Å²) in [4.78, 5) is 33.8. The van der Waals surface area contributed by atoms with Crippen LogP contribution in [0.1, 0.15) is 53.1 Å². The summed E-state index contributed by atoms with van der Waals surface area (Å²) in [6, 6.07) is 6.27. The fraction of sp³-hybridized carbons (Fsp3) is 0.435. The third-order valence-corrected chi connectivity index (χ3v) is 4.28. The van der Waals surface area contributed by atoms with Crippen molar-refractivity contribution in [2.24, 2.45) is 0 Å². The van der Waals surface area contributed by atoms with E-state index in [2.05, 4.69) is 19.6 Å². The number of carbonyl (C=O) groups excluding carboxylic acids is 2. The molecule has 0 aliphatic heterocycles. The molecule has 2 amide bonds. The highest BCUT2D eigenvalue weighted by atomic mass is 19.4. The standard InChI is InChI=1S/C23H26F3N5O5/c1-21(2,3)34-19(32)31(20(33)35-22(4,5)6)12-15-11-30(13-27-15)16-9-7-14(8-10-16)17-28-18(36-29-17)23(24,25)26/h7-11,13H,12H2,1-6H3. The fourth-order valence-corrected chi connectivity index (χ4v) is 2.82. The Morgan fingerprint density at radius 1 is 0.972 bits per heavy atom. The molecule has 36 heavy (non-hydrogen) atoms. The van der Waals surface area contributed by atoms with Crippen molar-refractivity contribution in [3.05, 3.63) is 48.4 Å². The second-order valence-electron chi connectivity index (χ2n) is 9.79. The molecule has 2 heterocycles. The molecule has 0 spiro atoms. The summed E-state index contributed by atoms with van der Waals surface area (Å²) in [5, 5.41) is 3.36. The number of nitrogens with zero attached hydrogens (tertiary/aromatic N) is 5. The van der Waals surface area contributed by atoms with Crippen molar-refractivity contribution in [1.82, 2.24) is 24.6 Å². The molecule has 0 radical (unpaired) electrons. The number of halogens is 3. The van der Waals surface area contributed by atoms with Crippen LogP contribution in [0.15, 0.2) is 41.3 Å². The number of benzene rings is 1. The van der Waals surface area contributed by atoms with E-state index in [1.54, 1.807) is 64.4 Å². The number of hydrogen-bond acceptors (Lipinski definition) is 8. The van der Waals surface area contributed by atoms with E-state index in [1.165, 1.54) is 18.5 Å². The van der Waals surface area contributed by atoms with E-state index in [9.17, 15) is 22.8 Å². The number of ether oxygens (including phenoxy) is 2. The van der Waals surface area contributed by atoms with Gasteiger partial charge in [0.1, 0.15) is 11.2 Å². The molecule has 0 fully saturated rings. The molecular formula is C23H26F3N5O5. The lowest BCUT2D eigenvalue weighted by Gasteiger charge is -2.28. The lowest BCUT2D eigenvalue weighted by Crippen LogP contribution is -2.43. The largest absolute Gasteiger partial charge is 0.471 e. The molecule has 0 aliphatic carbocycles. The van der Waals surface area contributed by atoms with Gasteiger partial charge in [-0.25, -0.2) is 19.5 Å². The number of alkyl halides is 3. The summed E-state index contributed by atoms with van der Waals surface area (Å²) in [7, 11) is 0. The van der Waals surface area contributed by atoms with Gasteiger partial charge in [0.05, 0.1) is 18.6 Å². The van der Waals surface area contributed by atoms with E-state index in [4.69, 9.17) is 9.47 Å². The molecule has 1 aromatic carbocycles. The first-order valence-corrected chi connectivity index (χ1v) is 10.8. The molecule has 3 aromatic rings. The van der Waals surface area contributed by atoms with Crippen molar-refractivity contribution in [2.45, 2.75) is 65.5 Å². The molecule has 10 nitrogen and oxygen atoms in total. The van der Waals surface area contributed by atoms with E-state index in [-0.39, 0.29) is 12.4 Å². The van der Waals surface area contributed by atoms with Gasteiger partial charge < -0.3 is 18.6 Å². The average molecular weight is 509 g/mol. The summed E-state index contributed by atoms with van der Waals surface area (Å²) in [6.07, 6.45) is -3.44. The number of amides is 2. The Bertz CT molecular complexity index is 1190. The van der Waals surface area contributed by atoms with Crippen LogP contribution in [0, 0.1) is 0 Å². The molecule has 0 bridgehead atoms. The van der Waals surface area contributed by atoms with Gasteiger partial charge in [-0.1, -0.05) is 5.16 Å². The molecule has 3 rings (SSSR count). The van der Waals surface area contributed by atoms with Gasteiger partial charge in [-0.05, 0) is 65.8 Å². The molecule has 2 aromatic heterocycles. The normalized spacial score (nSPS) is 12.4. The Kier molecular flexibility index (Phi) is 7.14. The van der Waals surface area contributed by atoms with Crippen LogP contribution in [0.3, 0.4) is 0 Å². The number of carbonyl (C=O) groups is 2. The fourth-order valence-electron chi connectivity index (χ4n) is 2.82. The second kappa shape index (κ2) is 9.63. The Balaban J connectivity index is 1.78. The summed E-state index contributed by atoms with van der Waals surface area (Å²) in [5.41, 5.74) is -0.378. The molecule has 13 heteroatoms. The van der Waals surface area contributed by atoms with E-state index < -0.39 is 35.5 Å². The number of rotatable bonds is 4. The van der Waals surface area contributed by atoms with Crippen LogP contribution < -0.4 is 0 Å². The van der Waals surface area contributed by atoms with Crippen LogP contribution >= 0.6 is 0 Å². The van der Waals surface area contributed by atoms with E-state index in [1.807, 2.05) is 0 Å². The van der Waals surface area contributed by atoms with Crippen molar-refractivity contribution >= 4 is 12.2 Å². The Hall–Kier alpha value is -3.90. The Morgan fingerprint density at radius 2 is 1.53 bits per heavy atom. The second-order valence-corrected chi connectivity index (χ2v) is 9.79. The summed E-state index contributed by atoms with van der Waals surface area (Å²) in [5.74, 6) is -1.63. The van der Waals surface area contributed by atoms with Crippen molar-refractivity contribution in [2.75, 3.05) is 0 Å². The maximum atomic E-state index is 12.7. The lowest BCUT2D eigenvalue weighted by molar-refractivity contribution is -0.159. The molecule has 0 aliphatic rings. The average Bonchev–Trinajstić information content (AvgIpc) is 3.39. The molecule has 194 valence electrons. The van der Waals surface area contributed by atoms with E-state index >= 15 is 0 Å². The molecule has 0 N–H and O–H groups in total. The number of imidazole rings is 1. The van der Waals surface area contributed by atoms with Gasteiger partial charge in [0.2, 0.25) is 5.82 Å². The van der Waals surface area contributed by atoms with Gasteiger partial charge in [0, 0.05) is 17.4 Å². The Labute approximate surface area is 205 Å². The third kappa shape index (κ3) is 7.06. The number of imide groups is 1. The van der Waals surface area contributed by atoms with Gasteiger partial charge >= 0.3 is 24.3 Å². The lowest BCUT2D eigenvalue weighted by atomic mass is 10.2. The van der Waals surface area contributed by atoms with Crippen LogP contribution in [0.2, 0.25) is 0 Å². The predicted molar refractivity (Wildman–Crippen MR) is 120 cm³/mol. The van der Waals surface area contributed by atoms with Crippen LogP contribution in [-0.2, 0) is 22.2 Å². The van der Waals surface area contributed by atoms with Crippen molar-refractivity contribution < 1.29 is 36.8 Å². The predicted octanol–water partition coefficient (Wildman–Crippen LogP) is 5.61. The van der Waals surface area contributed by atoms with Gasteiger partial charge in [0.25, 0.3) is 0 Å². The summed E-state index contributed by atoms with van der Waals surface area (Å²) in [6.45, 7) is 9.84. The zero-order valence-corrected chi connectivity index (χ0v) is 20.6. The number of aromatic nitrogens is 4. The van der Waals surface area contributed by atoms with E-state index in [0.29, 0.717) is 16.9 Å². The van der Waals surface area contributed by atoms with Crippen LogP contribution in [0.5, 0.6) is 0 Å². The molecule has 0 saturated heterocycles. The highest BCUT2D eigenvalue weighted by molar-refractivity contribution is 5.88. The summed E-state index contributed by atoms with van der Waals surface area (Å²) >= 11 is 0. The monoisotopic (exact) mass is 509 g/mol. The summed E-state index contributed by atoms with van der Waals surface area (Å²) < 4.78 is 54.6.